The van der Waals surface area contributed by atoms with E-state index < -0.39 is 22.8 Å². The molecule has 0 aromatic heterocycles. The van der Waals surface area contributed by atoms with Crippen molar-refractivity contribution in [1.29, 1.82) is 0 Å². The SMILES string of the molecule is NC(=O)c1c(-c2cc([N+](=O)[O-])ccc2C(=O)NC(CO)Cc2ccccc2)ccc2ccccc12. The minimum absolute atomic E-state index is 0.125. The van der Waals surface area contributed by atoms with Crippen LogP contribution in [0.4, 0.5) is 5.69 Å². The van der Waals surface area contributed by atoms with E-state index in [1.54, 1.807) is 24.3 Å². The van der Waals surface area contributed by atoms with Gasteiger partial charge in [0.15, 0.2) is 0 Å². The lowest BCUT2D eigenvalue weighted by atomic mass is 9.90. The van der Waals surface area contributed by atoms with Gasteiger partial charge in [0.2, 0.25) is 5.91 Å². The summed E-state index contributed by atoms with van der Waals surface area (Å²) in [6, 6.07) is 23.2. The molecule has 8 heteroatoms. The smallest absolute Gasteiger partial charge is 0.270 e. The lowest BCUT2D eigenvalue weighted by Crippen LogP contribution is -2.39. The van der Waals surface area contributed by atoms with E-state index in [0.717, 1.165) is 10.9 Å². The van der Waals surface area contributed by atoms with Crippen LogP contribution in [0.5, 0.6) is 0 Å². The Labute approximate surface area is 201 Å². The van der Waals surface area contributed by atoms with E-state index in [2.05, 4.69) is 5.32 Å². The summed E-state index contributed by atoms with van der Waals surface area (Å²) in [5, 5.41) is 25.5. The monoisotopic (exact) mass is 469 g/mol. The minimum Gasteiger partial charge on any atom is -0.394 e. The highest BCUT2D eigenvalue weighted by atomic mass is 16.6. The molecule has 0 bridgehead atoms. The van der Waals surface area contributed by atoms with Gasteiger partial charge >= 0.3 is 0 Å². The first-order chi connectivity index (χ1) is 16.9. The first-order valence-electron chi connectivity index (χ1n) is 10.9. The Kier molecular flexibility index (Phi) is 6.84. The average Bonchev–Trinajstić information content (AvgIpc) is 2.87. The van der Waals surface area contributed by atoms with Crippen molar-refractivity contribution in [2.24, 2.45) is 5.73 Å². The van der Waals surface area contributed by atoms with Crippen molar-refractivity contribution in [2.75, 3.05) is 6.61 Å². The lowest BCUT2D eigenvalue weighted by Gasteiger charge is -2.19. The van der Waals surface area contributed by atoms with E-state index in [1.807, 2.05) is 42.5 Å². The first kappa shape index (κ1) is 23.6. The van der Waals surface area contributed by atoms with Gasteiger partial charge in [-0.05, 0) is 34.4 Å². The number of nitrogens with zero attached hydrogens (tertiary/aromatic N) is 1. The fourth-order valence-corrected chi connectivity index (χ4v) is 4.15. The van der Waals surface area contributed by atoms with Crippen LogP contribution in [0.2, 0.25) is 0 Å². The zero-order chi connectivity index (χ0) is 24.9. The van der Waals surface area contributed by atoms with Crippen LogP contribution in [0.1, 0.15) is 26.3 Å². The number of nitrogens with one attached hydrogen (secondary N) is 1. The number of nitrogens with two attached hydrogens (primary N) is 1. The second-order valence-corrected chi connectivity index (χ2v) is 8.10. The molecule has 0 spiro atoms. The summed E-state index contributed by atoms with van der Waals surface area (Å²) in [5.74, 6) is -1.25. The molecule has 2 amide bonds. The van der Waals surface area contributed by atoms with Crippen LogP contribution in [0.25, 0.3) is 21.9 Å². The molecule has 4 aromatic rings. The van der Waals surface area contributed by atoms with Crippen molar-refractivity contribution in [3.8, 4) is 11.1 Å². The molecule has 1 unspecified atom stereocenters. The van der Waals surface area contributed by atoms with Gasteiger partial charge in [0, 0.05) is 23.3 Å². The third-order valence-corrected chi connectivity index (χ3v) is 5.80. The number of fused-ring (bicyclic) bond motifs is 1. The Morgan fingerprint density at radius 1 is 0.943 bits per heavy atom. The topological polar surface area (TPSA) is 136 Å². The van der Waals surface area contributed by atoms with Gasteiger partial charge in [-0.25, -0.2) is 0 Å². The Morgan fingerprint density at radius 2 is 1.66 bits per heavy atom. The van der Waals surface area contributed by atoms with Crippen molar-refractivity contribution >= 4 is 28.3 Å². The molecular weight excluding hydrogens is 446 g/mol. The van der Waals surface area contributed by atoms with Crippen LogP contribution in [0.3, 0.4) is 0 Å². The minimum atomic E-state index is -0.716. The van der Waals surface area contributed by atoms with Crippen LogP contribution < -0.4 is 11.1 Å². The number of rotatable bonds is 8. The number of aliphatic hydroxyl groups is 1. The fraction of sp³-hybridized carbons (Fsp3) is 0.111. The zero-order valence-electron chi connectivity index (χ0n) is 18.7. The summed E-state index contributed by atoms with van der Waals surface area (Å²) in [7, 11) is 0. The Morgan fingerprint density at radius 3 is 2.34 bits per heavy atom. The molecule has 4 aromatic carbocycles. The predicted octanol–water partition coefficient (Wildman–Crippen LogP) is 3.85. The number of carbonyl (C=O) groups excluding carboxylic acids is 2. The van der Waals surface area contributed by atoms with Crippen molar-refractivity contribution < 1.29 is 19.6 Å². The van der Waals surface area contributed by atoms with E-state index in [-0.39, 0.29) is 29.0 Å². The van der Waals surface area contributed by atoms with Crippen LogP contribution in [-0.2, 0) is 6.42 Å². The van der Waals surface area contributed by atoms with Gasteiger partial charge in [-0.1, -0.05) is 66.7 Å². The molecule has 0 fully saturated rings. The molecule has 0 saturated carbocycles. The second kappa shape index (κ2) is 10.1. The molecule has 0 aliphatic heterocycles. The normalized spacial score (nSPS) is 11.7. The summed E-state index contributed by atoms with van der Waals surface area (Å²) in [6.45, 7) is -0.300. The number of nitro groups is 1. The number of amides is 2. The summed E-state index contributed by atoms with van der Waals surface area (Å²) in [6.07, 6.45) is 0.397. The van der Waals surface area contributed by atoms with Crippen molar-refractivity contribution in [2.45, 2.75) is 12.5 Å². The van der Waals surface area contributed by atoms with Crippen LogP contribution >= 0.6 is 0 Å². The van der Waals surface area contributed by atoms with Gasteiger partial charge in [-0.3, -0.25) is 19.7 Å². The molecule has 0 saturated heterocycles. The van der Waals surface area contributed by atoms with Gasteiger partial charge in [-0.15, -0.1) is 0 Å². The second-order valence-electron chi connectivity index (χ2n) is 8.10. The van der Waals surface area contributed by atoms with Crippen LogP contribution in [0.15, 0.2) is 84.9 Å². The van der Waals surface area contributed by atoms with Gasteiger partial charge in [0.25, 0.3) is 11.6 Å². The van der Waals surface area contributed by atoms with Crippen molar-refractivity contribution in [3.63, 3.8) is 0 Å². The molecule has 35 heavy (non-hydrogen) atoms. The van der Waals surface area contributed by atoms with Gasteiger partial charge in [0.1, 0.15) is 0 Å². The number of hydrogen-bond donors (Lipinski definition) is 3. The predicted molar refractivity (Wildman–Crippen MR) is 133 cm³/mol. The zero-order valence-corrected chi connectivity index (χ0v) is 18.7. The molecule has 1 atom stereocenters. The molecule has 4 N–H and O–H groups in total. The van der Waals surface area contributed by atoms with Crippen molar-refractivity contribution in [3.05, 3.63) is 112 Å². The maximum absolute atomic E-state index is 13.3. The van der Waals surface area contributed by atoms with E-state index in [0.29, 0.717) is 17.4 Å². The number of aliphatic hydroxyl groups excluding tert-OH is 1. The Bertz CT molecular complexity index is 1420. The maximum atomic E-state index is 13.3. The van der Waals surface area contributed by atoms with E-state index in [9.17, 15) is 24.8 Å². The highest BCUT2D eigenvalue weighted by Crippen LogP contribution is 2.34. The summed E-state index contributed by atoms with van der Waals surface area (Å²) in [5.41, 5.74) is 7.23. The molecule has 4 rings (SSSR count). The van der Waals surface area contributed by atoms with Crippen LogP contribution in [-0.4, -0.2) is 34.5 Å². The standard InChI is InChI=1S/C27H23N3O5/c28-26(32)25-21-9-5-4-8-18(21)10-12-22(25)24-15-20(30(34)35)11-13-23(24)27(33)29-19(16-31)14-17-6-2-1-3-7-17/h1-13,15,19,31H,14,16H2,(H2,28,32)(H,29,33). The summed E-state index contributed by atoms with van der Waals surface area (Å²) in [4.78, 5) is 36.7. The number of hydrogen-bond acceptors (Lipinski definition) is 5. The highest BCUT2D eigenvalue weighted by molar-refractivity contribution is 6.14. The average molecular weight is 469 g/mol. The molecule has 176 valence electrons. The molecule has 8 nitrogen and oxygen atoms in total. The van der Waals surface area contributed by atoms with Crippen molar-refractivity contribution in [1.82, 2.24) is 5.32 Å². The number of carbonyl (C=O) groups is 2. The Hall–Kier alpha value is -4.56. The van der Waals surface area contributed by atoms with Crippen LogP contribution in [0, 0.1) is 10.1 Å². The van der Waals surface area contributed by atoms with Gasteiger partial charge in [0.05, 0.1) is 23.1 Å². The third kappa shape index (κ3) is 5.02. The summed E-state index contributed by atoms with van der Waals surface area (Å²) < 4.78 is 0. The highest BCUT2D eigenvalue weighted by Gasteiger charge is 2.23. The molecule has 0 heterocycles. The van der Waals surface area contributed by atoms with Gasteiger partial charge < -0.3 is 16.2 Å². The molecule has 0 aliphatic carbocycles. The Balaban J connectivity index is 1.80. The quantitative estimate of drug-likeness (QED) is 0.266. The molecule has 0 radical (unpaired) electrons. The fourth-order valence-electron chi connectivity index (χ4n) is 4.15. The number of benzene rings is 4. The number of nitro benzene ring substituents is 1. The number of non-ortho nitro benzene ring substituents is 1. The maximum Gasteiger partial charge on any atom is 0.270 e. The van der Waals surface area contributed by atoms with Gasteiger partial charge in [-0.2, -0.15) is 0 Å². The third-order valence-electron chi connectivity index (χ3n) is 5.80. The summed E-state index contributed by atoms with van der Waals surface area (Å²) >= 11 is 0. The van der Waals surface area contributed by atoms with E-state index in [4.69, 9.17) is 5.73 Å². The largest absolute Gasteiger partial charge is 0.394 e. The van der Waals surface area contributed by atoms with E-state index >= 15 is 0 Å². The number of primary amides is 1. The first-order valence-corrected chi connectivity index (χ1v) is 10.9. The molecule has 0 aliphatic rings. The molecular formula is C27H23N3O5. The van der Waals surface area contributed by atoms with E-state index in [1.165, 1.54) is 18.2 Å². The lowest BCUT2D eigenvalue weighted by molar-refractivity contribution is -0.384.